The molecular formula is C30H42. The summed E-state index contributed by atoms with van der Waals surface area (Å²) in [6, 6.07) is 26.5. The molecule has 30 heavy (non-hydrogen) atoms. The minimum Gasteiger partial charge on any atom is -0.0683 e. The highest BCUT2D eigenvalue weighted by Gasteiger charge is 2.06. The third-order valence-electron chi connectivity index (χ3n) is 4.46. The normalized spacial score (nSPS) is 9.00. The molecule has 0 amide bonds. The van der Waals surface area contributed by atoms with Crippen LogP contribution in [0.25, 0.3) is 32.7 Å². The van der Waals surface area contributed by atoms with Gasteiger partial charge in [-0.2, -0.15) is 0 Å². The minimum atomic E-state index is 1.28. The molecule has 4 aromatic rings. The maximum absolute atomic E-state index is 2.33. The average molecular weight is 403 g/mol. The molecule has 0 aliphatic rings. The predicted octanol–water partition coefficient (Wildman–Crippen LogP) is 10.4. The fourth-order valence-electron chi connectivity index (χ4n) is 3.19. The van der Waals surface area contributed by atoms with E-state index in [4.69, 9.17) is 0 Å². The van der Waals surface area contributed by atoms with Gasteiger partial charge in [0.15, 0.2) is 0 Å². The van der Waals surface area contributed by atoms with Gasteiger partial charge in [0.25, 0.3) is 0 Å². The zero-order valence-corrected chi connectivity index (χ0v) is 20.9. The van der Waals surface area contributed by atoms with Crippen molar-refractivity contribution in [2.24, 2.45) is 0 Å². The molecule has 0 bridgehead atoms. The Labute approximate surface area is 186 Å². The van der Waals surface area contributed by atoms with E-state index in [9.17, 15) is 0 Å². The Kier molecular flexibility index (Phi) is 13.9. The molecular weight excluding hydrogens is 360 g/mol. The maximum atomic E-state index is 2.33. The van der Waals surface area contributed by atoms with Gasteiger partial charge < -0.3 is 0 Å². The van der Waals surface area contributed by atoms with Gasteiger partial charge in [-0.05, 0) is 64.2 Å². The van der Waals surface area contributed by atoms with Gasteiger partial charge in [-0.15, -0.1) is 0 Å². The van der Waals surface area contributed by atoms with Crippen molar-refractivity contribution in [1.82, 2.24) is 0 Å². The summed E-state index contributed by atoms with van der Waals surface area (Å²) in [6.45, 7) is 20.3. The number of fused-ring (bicyclic) bond motifs is 2. The first kappa shape index (κ1) is 27.4. The average Bonchev–Trinajstić information content (AvgIpc) is 2.84. The van der Waals surface area contributed by atoms with Crippen LogP contribution in [-0.2, 0) is 0 Å². The van der Waals surface area contributed by atoms with E-state index in [0.29, 0.717) is 0 Å². The quantitative estimate of drug-likeness (QED) is 0.278. The van der Waals surface area contributed by atoms with E-state index in [1.807, 2.05) is 55.4 Å². The lowest BCUT2D eigenvalue weighted by Crippen LogP contribution is -1.84. The van der Waals surface area contributed by atoms with Gasteiger partial charge in [-0.3, -0.25) is 0 Å². The third-order valence-corrected chi connectivity index (χ3v) is 4.46. The van der Waals surface area contributed by atoms with Crippen LogP contribution in [0.5, 0.6) is 0 Å². The van der Waals surface area contributed by atoms with Crippen molar-refractivity contribution in [2.45, 2.75) is 69.2 Å². The van der Waals surface area contributed by atoms with Crippen molar-refractivity contribution in [1.29, 1.82) is 0 Å². The highest BCUT2D eigenvalue weighted by Crippen LogP contribution is 2.32. The SMILES string of the molecule is CC.CC.CC.CC.Cc1ccc(-c2cccc3cc4c(C)cccc4cc23)cc1. The summed E-state index contributed by atoms with van der Waals surface area (Å²) in [5.74, 6) is 0. The smallest absolute Gasteiger partial charge is 0.00990 e. The molecule has 0 heteroatoms. The van der Waals surface area contributed by atoms with E-state index in [-0.39, 0.29) is 0 Å². The van der Waals surface area contributed by atoms with Gasteiger partial charge in [-0.1, -0.05) is 122 Å². The topological polar surface area (TPSA) is 0 Å². The molecule has 0 spiro atoms. The molecule has 0 aromatic heterocycles. The molecule has 4 rings (SSSR count). The lowest BCUT2D eigenvalue weighted by molar-refractivity contribution is 1.47. The largest absolute Gasteiger partial charge is 0.0683 e. The Hall–Kier alpha value is -2.60. The standard InChI is InChI=1S/C22H18.4C2H6/c1-15-9-11-17(12-10-15)20-8-4-7-19-13-21-16(2)5-3-6-18(21)14-22(19)20;4*1-2/h3-14H,1-2H3;4*1-2H3. The molecule has 0 unspecified atom stereocenters. The summed E-state index contributed by atoms with van der Waals surface area (Å²) < 4.78 is 0. The monoisotopic (exact) mass is 402 g/mol. The number of aryl methyl sites for hydroxylation is 2. The highest BCUT2D eigenvalue weighted by atomic mass is 14.1. The first-order valence-electron chi connectivity index (χ1n) is 11.7. The van der Waals surface area contributed by atoms with Crippen LogP contribution in [0.4, 0.5) is 0 Å². The van der Waals surface area contributed by atoms with Crippen molar-refractivity contribution in [3.63, 3.8) is 0 Å². The van der Waals surface area contributed by atoms with Crippen LogP contribution in [0.3, 0.4) is 0 Å². The molecule has 0 fully saturated rings. The molecule has 0 radical (unpaired) electrons. The second-order valence-corrected chi connectivity index (χ2v) is 6.04. The summed E-state index contributed by atoms with van der Waals surface area (Å²) in [6.07, 6.45) is 0. The van der Waals surface area contributed by atoms with E-state index in [1.54, 1.807) is 0 Å². The number of hydrogen-bond donors (Lipinski definition) is 0. The van der Waals surface area contributed by atoms with E-state index >= 15 is 0 Å². The van der Waals surface area contributed by atoms with Crippen LogP contribution in [0.2, 0.25) is 0 Å². The van der Waals surface area contributed by atoms with E-state index in [0.717, 1.165) is 0 Å². The van der Waals surface area contributed by atoms with Gasteiger partial charge >= 0.3 is 0 Å². The lowest BCUT2D eigenvalue weighted by Gasteiger charge is -2.10. The van der Waals surface area contributed by atoms with Gasteiger partial charge in [0.2, 0.25) is 0 Å². The molecule has 0 aliphatic heterocycles. The summed E-state index contributed by atoms with van der Waals surface area (Å²) >= 11 is 0. The van der Waals surface area contributed by atoms with Crippen molar-refractivity contribution >= 4 is 21.5 Å². The second-order valence-electron chi connectivity index (χ2n) is 6.04. The Bertz CT molecular complexity index is 976. The molecule has 0 heterocycles. The fourth-order valence-corrected chi connectivity index (χ4v) is 3.19. The lowest BCUT2D eigenvalue weighted by atomic mass is 9.94. The third kappa shape index (κ3) is 6.73. The first-order chi connectivity index (χ1) is 14.7. The summed E-state index contributed by atoms with van der Waals surface area (Å²) in [5.41, 5.74) is 5.22. The number of benzene rings is 4. The van der Waals surface area contributed by atoms with Crippen molar-refractivity contribution in [2.75, 3.05) is 0 Å². The molecule has 0 aliphatic carbocycles. The summed E-state index contributed by atoms with van der Waals surface area (Å²) in [7, 11) is 0. The minimum absolute atomic E-state index is 1.28. The molecule has 0 saturated carbocycles. The molecule has 0 nitrogen and oxygen atoms in total. The van der Waals surface area contributed by atoms with Crippen LogP contribution < -0.4 is 0 Å². The van der Waals surface area contributed by atoms with Crippen LogP contribution in [0.1, 0.15) is 66.5 Å². The Balaban J connectivity index is 0.000000948. The van der Waals surface area contributed by atoms with Crippen molar-refractivity contribution < 1.29 is 0 Å². The Morgan fingerprint density at radius 2 is 0.933 bits per heavy atom. The van der Waals surface area contributed by atoms with Crippen LogP contribution in [0.15, 0.2) is 72.8 Å². The van der Waals surface area contributed by atoms with Crippen molar-refractivity contribution in [3.05, 3.63) is 83.9 Å². The van der Waals surface area contributed by atoms with Gasteiger partial charge in [-0.25, -0.2) is 0 Å². The van der Waals surface area contributed by atoms with Gasteiger partial charge in [0.1, 0.15) is 0 Å². The molecule has 0 N–H and O–H groups in total. The maximum Gasteiger partial charge on any atom is -0.00990 e. The predicted molar refractivity (Wildman–Crippen MR) is 142 cm³/mol. The highest BCUT2D eigenvalue weighted by molar-refractivity contribution is 6.05. The Morgan fingerprint density at radius 3 is 1.50 bits per heavy atom. The number of rotatable bonds is 1. The van der Waals surface area contributed by atoms with E-state index in [2.05, 4.69) is 86.6 Å². The van der Waals surface area contributed by atoms with E-state index in [1.165, 1.54) is 43.8 Å². The molecule has 0 atom stereocenters. The number of hydrogen-bond acceptors (Lipinski definition) is 0. The van der Waals surface area contributed by atoms with Crippen LogP contribution in [-0.4, -0.2) is 0 Å². The molecule has 4 aromatic carbocycles. The Morgan fingerprint density at radius 1 is 0.467 bits per heavy atom. The zero-order chi connectivity index (χ0) is 23.1. The molecule has 0 saturated heterocycles. The second kappa shape index (κ2) is 15.3. The molecule has 162 valence electrons. The van der Waals surface area contributed by atoms with E-state index < -0.39 is 0 Å². The van der Waals surface area contributed by atoms with Crippen LogP contribution in [0, 0.1) is 13.8 Å². The van der Waals surface area contributed by atoms with Crippen molar-refractivity contribution in [3.8, 4) is 11.1 Å². The zero-order valence-electron chi connectivity index (χ0n) is 20.9. The van der Waals surface area contributed by atoms with Gasteiger partial charge in [0, 0.05) is 0 Å². The summed E-state index contributed by atoms with van der Waals surface area (Å²) in [4.78, 5) is 0. The van der Waals surface area contributed by atoms with Crippen LogP contribution >= 0.6 is 0 Å². The summed E-state index contributed by atoms with van der Waals surface area (Å²) in [5, 5.41) is 5.28. The first-order valence-corrected chi connectivity index (χ1v) is 11.7. The van der Waals surface area contributed by atoms with Gasteiger partial charge in [0.05, 0.1) is 0 Å². The fraction of sp³-hybridized carbons (Fsp3) is 0.333.